The third kappa shape index (κ3) is 9.30. The van der Waals surface area contributed by atoms with E-state index in [4.69, 9.17) is 10.8 Å². The molecule has 8 N–H and O–H groups in total. The summed E-state index contributed by atoms with van der Waals surface area (Å²) >= 11 is 0. The minimum absolute atomic E-state index is 0.416. The van der Waals surface area contributed by atoms with E-state index in [0.717, 1.165) is 0 Å². The predicted octanol–water partition coefficient (Wildman–Crippen LogP) is -1.59. The smallest absolute Gasteiger partial charge is 0.326 e. The normalized spacial score (nSPS) is 16.9. The molecule has 0 aromatic carbocycles. The molecule has 0 saturated carbocycles. The van der Waals surface area contributed by atoms with Gasteiger partial charge in [-0.25, -0.2) is 4.79 Å². The summed E-state index contributed by atoms with van der Waals surface area (Å²) < 4.78 is 0. The van der Waals surface area contributed by atoms with Crippen LogP contribution in [0.5, 0.6) is 0 Å². The van der Waals surface area contributed by atoms with E-state index in [1.807, 2.05) is 0 Å². The van der Waals surface area contributed by atoms with Crippen molar-refractivity contribution in [3.63, 3.8) is 0 Å². The molecule has 0 heterocycles. The Morgan fingerprint density at radius 2 is 1.26 bits per heavy atom. The van der Waals surface area contributed by atoms with Gasteiger partial charge in [0.25, 0.3) is 0 Å². The van der Waals surface area contributed by atoms with Gasteiger partial charge in [0.2, 0.25) is 17.7 Å². The third-order valence-corrected chi connectivity index (χ3v) is 4.82. The summed E-state index contributed by atoms with van der Waals surface area (Å²) in [7, 11) is 0. The number of amides is 3. The third-order valence-electron chi connectivity index (χ3n) is 4.82. The predicted molar refractivity (Wildman–Crippen MR) is 110 cm³/mol. The van der Waals surface area contributed by atoms with Crippen molar-refractivity contribution in [2.75, 3.05) is 0 Å². The van der Waals surface area contributed by atoms with Gasteiger partial charge in [0.15, 0.2) is 0 Å². The number of hydrogen-bond donors (Lipinski definition) is 7. The summed E-state index contributed by atoms with van der Waals surface area (Å²) in [5, 5.41) is 35.0. The zero-order chi connectivity index (χ0) is 24.5. The van der Waals surface area contributed by atoms with Crippen LogP contribution in [0, 0.1) is 11.8 Å². The molecule has 0 aliphatic heterocycles. The molecule has 0 aromatic rings. The molecule has 0 rings (SSSR count). The lowest BCUT2D eigenvalue weighted by atomic mass is 9.97. The molecule has 0 fully saturated rings. The van der Waals surface area contributed by atoms with E-state index in [2.05, 4.69) is 16.0 Å². The molecule has 12 nitrogen and oxygen atoms in total. The second-order valence-corrected chi connectivity index (χ2v) is 7.87. The molecule has 0 aromatic heterocycles. The molecule has 0 aliphatic carbocycles. The highest BCUT2D eigenvalue weighted by atomic mass is 16.4. The van der Waals surface area contributed by atoms with Gasteiger partial charge in [-0.15, -0.1) is 0 Å². The Hall–Kier alpha value is -2.73. The topological polar surface area (TPSA) is 208 Å². The van der Waals surface area contributed by atoms with Gasteiger partial charge in [0.05, 0.1) is 18.6 Å². The van der Waals surface area contributed by atoms with E-state index < -0.39 is 78.2 Å². The quantitative estimate of drug-likeness (QED) is 0.174. The summed E-state index contributed by atoms with van der Waals surface area (Å²) in [6.07, 6.45) is -1.55. The van der Waals surface area contributed by atoms with Gasteiger partial charge < -0.3 is 37.0 Å². The average molecular weight is 447 g/mol. The van der Waals surface area contributed by atoms with Crippen molar-refractivity contribution in [3.05, 3.63) is 0 Å². The highest BCUT2D eigenvalue weighted by Crippen LogP contribution is 2.10. The number of aliphatic hydroxyl groups is 1. The van der Waals surface area contributed by atoms with Crippen molar-refractivity contribution in [3.8, 4) is 0 Å². The molecule has 12 heteroatoms. The van der Waals surface area contributed by atoms with E-state index >= 15 is 0 Å². The Labute approximate surface area is 180 Å². The molecule has 0 spiro atoms. The molecule has 31 heavy (non-hydrogen) atoms. The van der Waals surface area contributed by atoms with Crippen molar-refractivity contribution in [2.24, 2.45) is 17.6 Å². The highest BCUT2D eigenvalue weighted by Gasteiger charge is 2.35. The van der Waals surface area contributed by atoms with Crippen LogP contribution in [0.2, 0.25) is 0 Å². The molecule has 6 unspecified atom stereocenters. The van der Waals surface area contributed by atoms with Gasteiger partial charge >= 0.3 is 11.9 Å². The first-order valence-electron chi connectivity index (χ1n) is 10.0. The fourth-order valence-corrected chi connectivity index (χ4v) is 2.65. The van der Waals surface area contributed by atoms with Crippen molar-refractivity contribution in [2.45, 2.75) is 77.7 Å². The van der Waals surface area contributed by atoms with Crippen LogP contribution in [0.3, 0.4) is 0 Å². The van der Waals surface area contributed by atoms with Crippen molar-refractivity contribution in [1.29, 1.82) is 0 Å². The van der Waals surface area contributed by atoms with Gasteiger partial charge in [-0.05, 0) is 18.8 Å². The Bertz CT molecular complexity index is 667. The maximum absolute atomic E-state index is 12.8. The fourth-order valence-electron chi connectivity index (χ4n) is 2.65. The molecule has 0 saturated heterocycles. The molecule has 0 radical (unpaired) electrons. The zero-order valence-electron chi connectivity index (χ0n) is 18.4. The van der Waals surface area contributed by atoms with E-state index in [1.54, 1.807) is 27.7 Å². The lowest BCUT2D eigenvalue weighted by Gasteiger charge is -2.29. The molecular formula is C19H34N4O8. The van der Waals surface area contributed by atoms with Crippen molar-refractivity contribution in [1.82, 2.24) is 16.0 Å². The standard InChI is InChI=1S/C19H34N4O8/c1-6-9(4)14(22-16(27)11(20)7-12(25)26)17(28)23-15(10(5)24)18(29)21-13(8(2)3)19(30)31/h8-11,13-15,24H,6-7,20H2,1-5H3,(H,21,29)(H,22,27)(H,23,28)(H,25,26)(H,30,31). The Morgan fingerprint density at radius 3 is 1.65 bits per heavy atom. The molecule has 0 bridgehead atoms. The van der Waals surface area contributed by atoms with Crippen LogP contribution in [0.25, 0.3) is 0 Å². The lowest BCUT2D eigenvalue weighted by molar-refractivity contribution is -0.144. The van der Waals surface area contributed by atoms with Gasteiger partial charge in [-0.1, -0.05) is 34.1 Å². The van der Waals surface area contributed by atoms with Crippen LogP contribution in [0.1, 0.15) is 47.5 Å². The number of nitrogens with two attached hydrogens (primary N) is 1. The maximum atomic E-state index is 12.8. The monoisotopic (exact) mass is 446 g/mol. The second kappa shape index (κ2) is 12.8. The van der Waals surface area contributed by atoms with Crippen LogP contribution in [0.15, 0.2) is 0 Å². The molecule has 0 aliphatic rings. The number of aliphatic hydroxyl groups excluding tert-OH is 1. The summed E-state index contributed by atoms with van der Waals surface area (Å²) in [5.41, 5.74) is 5.53. The van der Waals surface area contributed by atoms with Crippen LogP contribution in [0.4, 0.5) is 0 Å². The Balaban J connectivity index is 5.49. The Kier molecular flexibility index (Phi) is 11.7. The number of carbonyl (C=O) groups excluding carboxylic acids is 3. The van der Waals surface area contributed by atoms with Crippen molar-refractivity contribution >= 4 is 29.7 Å². The second-order valence-electron chi connectivity index (χ2n) is 7.87. The minimum atomic E-state index is -1.48. The van der Waals surface area contributed by atoms with E-state index in [0.29, 0.717) is 6.42 Å². The van der Waals surface area contributed by atoms with Crippen molar-refractivity contribution < 1.29 is 39.3 Å². The van der Waals surface area contributed by atoms with Gasteiger partial charge in [-0.3, -0.25) is 19.2 Å². The number of aliphatic carboxylic acids is 2. The molecule has 6 atom stereocenters. The number of carboxylic acid groups (broad SMARTS) is 2. The molecule has 178 valence electrons. The summed E-state index contributed by atoms with van der Waals surface area (Å²) in [4.78, 5) is 59.6. The summed E-state index contributed by atoms with van der Waals surface area (Å²) in [5.74, 6) is -5.97. The molecule has 3 amide bonds. The van der Waals surface area contributed by atoms with Crippen LogP contribution >= 0.6 is 0 Å². The first kappa shape index (κ1) is 28.3. The SMILES string of the molecule is CCC(C)C(NC(=O)C(N)CC(=O)O)C(=O)NC(C(=O)NC(C(=O)O)C(C)C)C(C)O. The fraction of sp³-hybridized carbons (Fsp3) is 0.737. The zero-order valence-corrected chi connectivity index (χ0v) is 18.4. The minimum Gasteiger partial charge on any atom is -0.481 e. The Morgan fingerprint density at radius 1 is 0.806 bits per heavy atom. The first-order valence-corrected chi connectivity index (χ1v) is 10.0. The highest BCUT2D eigenvalue weighted by molar-refractivity contribution is 5.95. The maximum Gasteiger partial charge on any atom is 0.326 e. The van der Waals surface area contributed by atoms with Crippen LogP contribution in [-0.4, -0.2) is 75.3 Å². The van der Waals surface area contributed by atoms with Gasteiger partial charge in [-0.2, -0.15) is 0 Å². The summed E-state index contributed by atoms with van der Waals surface area (Å²) in [6.45, 7) is 7.83. The number of hydrogen-bond acceptors (Lipinski definition) is 7. The van der Waals surface area contributed by atoms with E-state index in [9.17, 15) is 34.2 Å². The number of carboxylic acids is 2. The van der Waals surface area contributed by atoms with Crippen LogP contribution < -0.4 is 21.7 Å². The van der Waals surface area contributed by atoms with E-state index in [-0.39, 0.29) is 0 Å². The lowest BCUT2D eigenvalue weighted by Crippen LogP contribution is -2.61. The molecular weight excluding hydrogens is 412 g/mol. The van der Waals surface area contributed by atoms with Gasteiger partial charge in [0.1, 0.15) is 18.1 Å². The first-order chi connectivity index (χ1) is 14.2. The number of carbonyl (C=O) groups is 5. The summed E-state index contributed by atoms with van der Waals surface area (Å²) in [6, 6.07) is -5.25. The number of rotatable bonds is 13. The van der Waals surface area contributed by atoms with Gasteiger partial charge in [0, 0.05) is 0 Å². The average Bonchev–Trinajstić information content (AvgIpc) is 2.65. The van der Waals surface area contributed by atoms with E-state index in [1.165, 1.54) is 6.92 Å². The largest absolute Gasteiger partial charge is 0.481 e. The number of nitrogens with one attached hydrogen (secondary N) is 3. The van der Waals surface area contributed by atoms with Crippen LogP contribution in [-0.2, 0) is 24.0 Å².